The van der Waals surface area contributed by atoms with Crippen LogP contribution in [0.2, 0.25) is 0 Å². The van der Waals surface area contributed by atoms with Crippen molar-refractivity contribution in [2.45, 2.75) is 12.5 Å². The third-order valence-electron chi connectivity index (χ3n) is 0.750. The van der Waals surface area contributed by atoms with E-state index in [0.29, 0.717) is 12.2 Å². The molecule has 0 aromatic heterocycles. The maximum Gasteiger partial charge on any atom is 0.112 e. The van der Waals surface area contributed by atoms with E-state index in [9.17, 15) is 0 Å². The van der Waals surface area contributed by atoms with Crippen molar-refractivity contribution in [2.24, 2.45) is 0 Å². The lowest BCUT2D eigenvalue weighted by molar-refractivity contribution is 0.230. The van der Waals surface area contributed by atoms with Crippen LogP contribution in [0.1, 0.15) is 6.42 Å². The highest BCUT2D eigenvalue weighted by Crippen LogP contribution is 1.88. The van der Waals surface area contributed by atoms with Gasteiger partial charge >= 0.3 is 0 Å². The Balaban J connectivity index is 3.42. The van der Waals surface area contributed by atoms with Gasteiger partial charge in [0.25, 0.3) is 0 Å². The molecule has 0 aliphatic rings. The van der Waals surface area contributed by atoms with Gasteiger partial charge in [-0.3, -0.25) is 22.4 Å². The molecular formula is C5H7OS3-. The fourth-order valence-electron chi connectivity index (χ4n) is 0.291. The minimum absolute atomic E-state index is 0.427. The molecule has 0 bridgehead atoms. The van der Waals surface area contributed by atoms with E-state index in [1.165, 1.54) is 0 Å². The highest BCUT2D eigenvalue weighted by molar-refractivity contribution is 8.46. The topological polar surface area (TPSA) is 20.2 Å². The average Bonchev–Trinajstić information content (AvgIpc) is 1.83. The molecule has 52 valence electrons. The molecule has 0 radical (unpaired) electrons. The van der Waals surface area contributed by atoms with Gasteiger partial charge in [0.05, 0.1) is 0 Å². The summed E-state index contributed by atoms with van der Waals surface area (Å²) in [6.45, 7) is 0. The average molecular weight is 179 g/mol. The third-order valence-corrected chi connectivity index (χ3v) is 2.32. The van der Waals surface area contributed by atoms with Crippen molar-refractivity contribution in [2.75, 3.05) is 5.75 Å². The first-order chi connectivity index (χ1) is 4.16. The molecule has 1 N–H and O–H groups in total. The fourth-order valence-corrected chi connectivity index (χ4v) is 1.28. The van der Waals surface area contributed by atoms with Crippen molar-refractivity contribution in [3.05, 3.63) is 0 Å². The first kappa shape index (κ1) is 9.31. The summed E-state index contributed by atoms with van der Waals surface area (Å²) >= 11 is 9.42. The van der Waals surface area contributed by atoms with E-state index in [-0.39, 0.29) is 0 Å². The quantitative estimate of drug-likeness (QED) is 0.483. The summed E-state index contributed by atoms with van der Waals surface area (Å²) in [5.74, 6) is 2.85. The Morgan fingerprint density at radius 2 is 2.22 bits per heavy atom. The molecule has 4 heteroatoms. The molecule has 0 aliphatic heterocycles. The highest BCUT2D eigenvalue weighted by atomic mass is 33.1. The van der Waals surface area contributed by atoms with Crippen LogP contribution in [-0.2, 0) is 30.4 Å². The Bertz CT molecular complexity index is 169. The molecule has 0 saturated heterocycles. The van der Waals surface area contributed by atoms with Gasteiger partial charge in [0.1, 0.15) is 6.10 Å². The van der Waals surface area contributed by atoms with Crippen molar-refractivity contribution >= 4 is 30.4 Å². The molecule has 0 saturated carbocycles. The predicted molar refractivity (Wildman–Crippen MR) is 46.4 cm³/mol. The zero-order valence-corrected chi connectivity index (χ0v) is 7.19. The minimum Gasteiger partial charge on any atom is -0.380 e. The summed E-state index contributed by atoms with van der Waals surface area (Å²) in [5, 5.41) is 8.78. The first-order valence-electron chi connectivity index (χ1n) is 2.37. The first-order valence-corrected chi connectivity index (χ1v) is 5.61. The second-order valence-corrected chi connectivity index (χ2v) is 5.54. The van der Waals surface area contributed by atoms with Crippen molar-refractivity contribution in [1.29, 1.82) is 0 Å². The molecule has 0 aromatic rings. The normalized spacial score (nSPS) is 13.0. The summed E-state index contributed by atoms with van der Waals surface area (Å²) < 4.78 is 0. The number of rotatable bonds is 3. The van der Waals surface area contributed by atoms with Gasteiger partial charge < -0.3 is 13.1 Å². The Labute approximate surface area is 66.3 Å². The Morgan fingerprint density at radius 1 is 1.67 bits per heavy atom. The molecule has 1 atom stereocenters. The molecule has 0 amide bonds. The van der Waals surface area contributed by atoms with Crippen molar-refractivity contribution in [1.82, 2.24) is 0 Å². The lowest BCUT2D eigenvalue weighted by Crippen LogP contribution is -2.04. The van der Waals surface area contributed by atoms with E-state index in [1.54, 1.807) is 0 Å². The SMILES string of the molecule is C#CC(O)CC[S-](=S)=S. The molecule has 0 aliphatic carbocycles. The molecule has 9 heavy (non-hydrogen) atoms. The standard InChI is InChI=1S/C5H7OS3/c1-2-5(6)3-4-9(7)8/h1,5-6H,3-4H2/q-1. The minimum atomic E-state index is -0.661. The van der Waals surface area contributed by atoms with E-state index < -0.39 is 14.1 Å². The number of aliphatic hydroxyl groups excluding tert-OH is 1. The molecular weight excluding hydrogens is 172 g/mol. The van der Waals surface area contributed by atoms with Crippen LogP contribution in [0.25, 0.3) is 0 Å². The molecule has 1 unspecified atom stereocenters. The van der Waals surface area contributed by atoms with Gasteiger partial charge in [-0.15, -0.1) is 12.2 Å². The summed E-state index contributed by atoms with van der Waals surface area (Å²) in [5.41, 5.74) is 0. The van der Waals surface area contributed by atoms with Crippen LogP contribution in [0.5, 0.6) is 0 Å². The van der Waals surface area contributed by atoms with E-state index in [1.807, 2.05) is 0 Å². The van der Waals surface area contributed by atoms with Crippen molar-refractivity contribution in [3.63, 3.8) is 0 Å². The number of hydrogen-bond acceptors (Lipinski definition) is 4. The Morgan fingerprint density at radius 3 is 2.56 bits per heavy atom. The van der Waals surface area contributed by atoms with E-state index >= 15 is 0 Å². The van der Waals surface area contributed by atoms with Gasteiger partial charge in [-0.05, 0) is 6.42 Å². The van der Waals surface area contributed by atoms with E-state index in [2.05, 4.69) is 5.92 Å². The van der Waals surface area contributed by atoms with Crippen LogP contribution >= 0.6 is 0 Å². The zero-order valence-electron chi connectivity index (χ0n) is 4.74. The van der Waals surface area contributed by atoms with Gasteiger partial charge in [0, 0.05) is 0 Å². The highest BCUT2D eigenvalue weighted by Gasteiger charge is 1.91. The molecule has 0 rings (SSSR count). The second-order valence-electron chi connectivity index (χ2n) is 1.48. The maximum absolute atomic E-state index is 8.78. The van der Waals surface area contributed by atoms with Crippen molar-refractivity contribution in [3.8, 4) is 12.3 Å². The van der Waals surface area contributed by atoms with Crippen LogP contribution in [-0.4, -0.2) is 17.0 Å². The number of hydrogen-bond donors (Lipinski definition) is 1. The number of terminal acetylenes is 1. The summed E-state index contributed by atoms with van der Waals surface area (Å²) in [6, 6.07) is 0. The van der Waals surface area contributed by atoms with E-state index in [0.717, 1.165) is 0 Å². The van der Waals surface area contributed by atoms with Crippen LogP contribution in [0.4, 0.5) is 0 Å². The van der Waals surface area contributed by atoms with Gasteiger partial charge in [-0.25, -0.2) is 0 Å². The third kappa shape index (κ3) is 6.19. The van der Waals surface area contributed by atoms with Gasteiger partial charge in [-0.1, -0.05) is 5.92 Å². The maximum atomic E-state index is 8.78. The van der Waals surface area contributed by atoms with Crippen LogP contribution < -0.4 is 0 Å². The van der Waals surface area contributed by atoms with Gasteiger partial charge in [-0.2, -0.15) is 0 Å². The van der Waals surface area contributed by atoms with Gasteiger partial charge in [0.2, 0.25) is 0 Å². The summed E-state index contributed by atoms with van der Waals surface area (Å²) in [6.07, 6.45) is 4.77. The zero-order chi connectivity index (χ0) is 7.28. The molecule has 0 heterocycles. The molecule has 0 fully saturated rings. The summed E-state index contributed by atoms with van der Waals surface area (Å²) in [4.78, 5) is 0. The van der Waals surface area contributed by atoms with Crippen molar-refractivity contribution < 1.29 is 5.11 Å². The number of aliphatic hydroxyl groups is 1. The Kier molecular flexibility index (Phi) is 5.30. The molecule has 0 spiro atoms. The Hall–Kier alpha value is 0.310. The lowest BCUT2D eigenvalue weighted by atomic mass is 10.3. The van der Waals surface area contributed by atoms with Gasteiger partial charge in [0.15, 0.2) is 0 Å². The predicted octanol–water partition coefficient (Wildman–Crippen LogP) is -0.0873. The summed E-state index contributed by atoms with van der Waals surface area (Å²) in [7, 11) is -0.427. The fraction of sp³-hybridized carbons (Fsp3) is 0.600. The smallest absolute Gasteiger partial charge is 0.112 e. The van der Waals surface area contributed by atoms with Crippen LogP contribution in [0.15, 0.2) is 0 Å². The van der Waals surface area contributed by atoms with E-state index in [4.69, 9.17) is 33.9 Å². The largest absolute Gasteiger partial charge is 0.380 e. The monoisotopic (exact) mass is 179 g/mol. The van der Waals surface area contributed by atoms with Crippen LogP contribution in [0, 0.1) is 12.3 Å². The van der Waals surface area contributed by atoms with Crippen LogP contribution in [0.3, 0.4) is 0 Å². The lowest BCUT2D eigenvalue weighted by Gasteiger charge is -2.03. The molecule has 1 nitrogen and oxygen atoms in total. The second kappa shape index (κ2) is 5.12. The molecule has 0 aromatic carbocycles.